The van der Waals surface area contributed by atoms with Crippen LogP contribution in [0.3, 0.4) is 0 Å². The first-order valence-electron chi connectivity index (χ1n) is 6.04. The molecule has 0 bridgehead atoms. The molecule has 4 nitrogen and oxygen atoms in total. The first kappa shape index (κ1) is 12.8. The van der Waals surface area contributed by atoms with Gasteiger partial charge in [0.1, 0.15) is 18.0 Å². The van der Waals surface area contributed by atoms with Crippen molar-refractivity contribution in [2.45, 2.75) is 33.2 Å². The van der Waals surface area contributed by atoms with Gasteiger partial charge in [-0.25, -0.2) is 9.97 Å². The highest BCUT2D eigenvalue weighted by molar-refractivity contribution is 7.12. The number of hydrogen-bond donors (Lipinski definition) is 2. The van der Waals surface area contributed by atoms with Crippen molar-refractivity contribution in [2.24, 2.45) is 0 Å². The molecule has 5 heteroatoms. The van der Waals surface area contributed by atoms with E-state index in [-0.39, 0.29) is 6.04 Å². The summed E-state index contributed by atoms with van der Waals surface area (Å²) in [4.78, 5) is 10.9. The van der Waals surface area contributed by atoms with Crippen molar-refractivity contribution >= 4 is 23.0 Å². The summed E-state index contributed by atoms with van der Waals surface area (Å²) in [5.41, 5.74) is 6.85. The zero-order chi connectivity index (χ0) is 13.1. The summed E-state index contributed by atoms with van der Waals surface area (Å²) in [6.07, 6.45) is 2.33. The Balaban J connectivity index is 2.21. The highest BCUT2D eigenvalue weighted by Gasteiger charge is 2.12. The summed E-state index contributed by atoms with van der Waals surface area (Å²) in [6, 6.07) is 4.50. The summed E-state index contributed by atoms with van der Waals surface area (Å²) in [7, 11) is 0. The van der Waals surface area contributed by atoms with Gasteiger partial charge in [-0.3, -0.25) is 0 Å². The number of hydrogen-bond acceptors (Lipinski definition) is 5. The molecule has 2 aromatic heterocycles. The molecule has 3 N–H and O–H groups in total. The molecular formula is C13H18N4S. The van der Waals surface area contributed by atoms with Crippen molar-refractivity contribution in [3.05, 3.63) is 33.8 Å². The Morgan fingerprint density at radius 2 is 2.17 bits per heavy atom. The van der Waals surface area contributed by atoms with Crippen LogP contribution >= 0.6 is 11.3 Å². The third-order valence-corrected chi connectivity index (χ3v) is 4.06. The molecule has 1 unspecified atom stereocenters. The quantitative estimate of drug-likeness (QED) is 0.888. The fourth-order valence-corrected chi connectivity index (χ4v) is 2.74. The minimum Gasteiger partial charge on any atom is -0.383 e. The second-order valence-electron chi connectivity index (χ2n) is 4.25. The van der Waals surface area contributed by atoms with Crippen molar-refractivity contribution in [3.8, 4) is 0 Å². The van der Waals surface area contributed by atoms with Crippen LogP contribution in [0, 0.1) is 6.92 Å². The monoisotopic (exact) mass is 262 g/mol. The Bertz CT molecular complexity index is 536. The molecule has 2 rings (SSSR count). The SMILES string of the molecule is CCc1c(N)ncnc1NC(C)c1ccc(C)s1. The van der Waals surface area contributed by atoms with Crippen LogP contribution in [0.1, 0.15) is 35.2 Å². The number of anilines is 2. The minimum atomic E-state index is 0.225. The molecular weight excluding hydrogens is 244 g/mol. The van der Waals surface area contributed by atoms with Gasteiger partial charge in [-0.1, -0.05) is 6.92 Å². The van der Waals surface area contributed by atoms with Gasteiger partial charge in [0.2, 0.25) is 0 Å². The smallest absolute Gasteiger partial charge is 0.135 e. The topological polar surface area (TPSA) is 63.8 Å². The van der Waals surface area contributed by atoms with E-state index < -0.39 is 0 Å². The lowest BCUT2D eigenvalue weighted by atomic mass is 10.2. The number of thiophene rings is 1. The number of nitrogens with one attached hydrogen (secondary N) is 1. The normalized spacial score (nSPS) is 12.4. The van der Waals surface area contributed by atoms with Crippen molar-refractivity contribution in [2.75, 3.05) is 11.1 Å². The van der Waals surface area contributed by atoms with Crippen molar-refractivity contribution in [1.29, 1.82) is 0 Å². The number of nitrogens with zero attached hydrogens (tertiary/aromatic N) is 2. The van der Waals surface area contributed by atoms with E-state index in [0.29, 0.717) is 5.82 Å². The largest absolute Gasteiger partial charge is 0.383 e. The van der Waals surface area contributed by atoms with Gasteiger partial charge in [-0.2, -0.15) is 0 Å². The molecule has 0 aliphatic carbocycles. The fraction of sp³-hybridized carbons (Fsp3) is 0.385. The first-order valence-corrected chi connectivity index (χ1v) is 6.85. The maximum absolute atomic E-state index is 5.86. The summed E-state index contributed by atoms with van der Waals surface area (Å²) in [5, 5.41) is 3.41. The van der Waals surface area contributed by atoms with Crippen LogP contribution in [0.5, 0.6) is 0 Å². The third-order valence-electron chi connectivity index (χ3n) is 2.87. The zero-order valence-electron chi connectivity index (χ0n) is 10.9. The molecule has 0 radical (unpaired) electrons. The molecule has 0 amide bonds. The van der Waals surface area contributed by atoms with Gasteiger partial charge in [0, 0.05) is 15.3 Å². The molecule has 96 valence electrons. The van der Waals surface area contributed by atoms with Gasteiger partial charge in [0.15, 0.2) is 0 Å². The van der Waals surface area contributed by atoms with Gasteiger partial charge in [0.05, 0.1) is 6.04 Å². The molecule has 2 heterocycles. The number of aryl methyl sites for hydroxylation is 1. The van der Waals surface area contributed by atoms with E-state index in [2.05, 4.69) is 48.2 Å². The lowest BCUT2D eigenvalue weighted by Crippen LogP contribution is -2.10. The summed E-state index contributed by atoms with van der Waals surface area (Å²) in [6.45, 7) is 6.30. The van der Waals surface area contributed by atoms with Crippen LogP contribution in [-0.2, 0) is 6.42 Å². The molecule has 0 aliphatic rings. The Morgan fingerprint density at radius 3 is 2.78 bits per heavy atom. The Labute approximate surface area is 111 Å². The van der Waals surface area contributed by atoms with E-state index in [1.165, 1.54) is 16.1 Å². The second-order valence-corrected chi connectivity index (χ2v) is 5.57. The van der Waals surface area contributed by atoms with E-state index in [4.69, 9.17) is 5.73 Å². The van der Waals surface area contributed by atoms with Gasteiger partial charge < -0.3 is 11.1 Å². The Hall–Kier alpha value is -1.62. The van der Waals surface area contributed by atoms with Gasteiger partial charge >= 0.3 is 0 Å². The van der Waals surface area contributed by atoms with E-state index >= 15 is 0 Å². The highest BCUT2D eigenvalue weighted by Crippen LogP contribution is 2.27. The molecule has 0 saturated carbocycles. The zero-order valence-corrected chi connectivity index (χ0v) is 11.7. The van der Waals surface area contributed by atoms with Crippen LogP contribution in [0.15, 0.2) is 18.5 Å². The third kappa shape index (κ3) is 2.61. The molecule has 1 atom stereocenters. The van der Waals surface area contributed by atoms with Crippen molar-refractivity contribution in [1.82, 2.24) is 9.97 Å². The lowest BCUT2D eigenvalue weighted by Gasteiger charge is -2.16. The maximum Gasteiger partial charge on any atom is 0.135 e. The second kappa shape index (κ2) is 5.35. The number of aromatic nitrogens is 2. The van der Waals surface area contributed by atoms with Crippen molar-refractivity contribution in [3.63, 3.8) is 0 Å². The Morgan fingerprint density at radius 1 is 1.39 bits per heavy atom. The molecule has 2 aromatic rings. The van der Waals surface area contributed by atoms with E-state index in [1.807, 2.05) is 0 Å². The molecule has 0 spiro atoms. The summed E-state index contributed by atoms with van der Waals surface area (Å²) >= 11 is 1.80. The average Bonchev–Trinajstić information content (AvgIpc) is 2.76. The van der Waals surface area contributed by atoms with Crippen LogP contribution < -0.4 is 11.1 Å². The van der Waals surface area contributed by atoms with Crippen LogP contribution in [0.2, 0.25) is 0 Å². The van der Waals surface area contributed by atoms with Gasteiger partial charge in [-0.15, -0.1) is 11.3 Å². The van der Waals surface area contributed by atoms with E-state index in [0.717, 1.165) is 17.8 Å². The first-order chi connectivity index (χ1) is 8.61. The molecule has 0 fully saturated rings. The van der Waals surface area contributed by atoms with Crippen LogP contribution in [-0.4, -0.2) is 9.97 Å². The summed E-state index contributed by atoms with van der Waals surface area (Å²) in [5.74, 6) is 1.40. The minimum absolute atomic E-state index is 0.225. The van der Waals surface area contributed by atoms with Gasteiger partial charge in [-0.05, 0) is 32.4 Å². The Kier molecular flexibility index (Phi) is 3.81. The predicted molar refractivity (Wildman–Crippen MR) is 76.9 cm³/mol. The van der Waals surface area contributed by atoms with E-state index in [9.17, 15) is 0 Å². The summed E-state index contributed by atoms with van der Waals surface area (Å²) < 4.78 is 0. The molecule has 0 aromatic carbocycles. The number of nitrogen functional groups attached to an aromatic ring is 1. The number of nitrogens with two attached hydrogens (primary N) is 1. The molecule has 18 heavy (non-hydrogen) atoms. The van der Waals surface area contributed by atoms with Crippen molar-refractivity contribution < 1.29 is 0 Å². The van der Waals surface area contributed by atoms with Gasteiger partial charge in [0.25, 0.3) is 0 Å². The van der Waals surface area contributed by atoms with E-state index in [1.54, 1.807) is 11.3 Å². The number of rotatable bonds is 4. The molecule has 0 saturated heterocycles. The standard InChI is InChI=1S/C13H18N4S/c1-4-10-12(14)15-7-16-13(10)17-9(3)11-6-5-8(2)18-11/h5-7,9H,4H2,1-3H3,(H3,14,15,16,17). The predicted octanol–water partition coefficient (Wildman–Crippen LogP) is 3.16. The van der Waals surface area contributed by atoms with Crippen LogP contribution in [0.4, 0.5) is 11.6 Å². The van der Waals surface area contributed by atoms with Crippen LogP contribution in [0.25, 0.3) is 0 Å². The maximum atomic E-state index is 5.86. The molecule has 0 aliphatic heterocycles. The fourth-order valence-electron chi connectivity index (χ4n) is 1.86. The lowest BCUT2D eigenvalue weighted by molar-refractivity contribution is 0.883. The highest BCUT2D eigenvalue weighted by atomic mass is 32.1. The average molecular weight is 262 g/mol.